The molecule has 1 aromatic carbocycles. The molecule has 1 aromatic heterocycles. The molecular formula is C15H16ClNO2. The Morgan fingerprint density at radius 2 is 2.00 bits per heavy atom. The smallest absolute Gasteiger partial charge is 0.137 e. The van der Waals surface area contributed by atoms with E-state index in [0.29, 0.717) is 17.4 Å². The number of rotatable bonds is 5. The van der Waals surface area contributed by atoms with Crippen molar-refractivity contribution in [2.24, 2.45) is 0 Å². The van der Waals surface area contributed by atoms with Gasteiger partial charge in [-0.1, -0.05) is 17.7 Å². The normalized spacial score (nSPS) is 12.2. The summed E-state index contributed by atoms with van der Waals surface area (Å²) in [5, 5.41) is 9.98. The lowest BCUT2D eigenvalue weighted by Gasteiger charge is -2.10. The molecule has 100 valence electrons. The third-order valence-corrected chi connectivity index (χ3v) is 3.13. The van der Waals surface area contributed by atoms with E-state index >= 15 is 0 Å². The van der Waals surface area contributed by atoms with Crippen molar-refractivity contribution >= 4 is 11.6 Å². The Balaban J connectivity index is 1.93. The minimum Gasteiger partial charge on any atom is -0.492 e. The highest BCUT2D eigenvalue weighted by atomic mass is 35.5. The number of hydrogen-bond donors (Lipinski definition) is 1. The average Bonchev–Trinajstić information content (AvgIpc) is 2.41. The highest BCUT2D eigenvalue weighted by molar-refractivity contribution is 6.32. The number of ether oxygens (including phenoxy) is 1. The fourth-order valence-electron chi connectivity index (χ4n) is 1.72. The van der Waals surface area contributed by atoms with Gasteiger partial charge in [-0.3, -0.25) is 4.98 Å². The van der Waals surface area contributed by atoms with E-state index < -0.39 is 6.10 Å². The van der Waals surface area contributed by atoms with Crippen molar-refractivity contribution in [3.8, 4) is 5.75 Å². The number of pyridine rings is 1. The third kappa shape index (κ3) is 3.94. The summed E-state index contributed by atoms with van der Waals surface area (Å²) in [6, 6.07) is 9.26. The van der Waals surface area contributed by atoms with Gasteiger partial charge in [0.1, 0.15) is 5.75 Å². The Morgan fingerprint density at radius 1 is 1.26 bits per heavy atom. The number of aliphatic hydroxyl groups is 1. The number of aliphatic hydroxyl groups excluding tert-OH is 1. The summed E-state index contributed by atoms with van der Waals surface area (Å²) in [6.07, 6.45) is 3.81. The number of benzene rings is 1. The molecule has 1 heterocycles. The molecule has 3 nitrogen and oxygen atoms in total. The van der Waals surface area contributed by atoms with Crippen molar-refractivity contribution in [2.75, 3.05) is 6.61 Å². The average molecular weight is 278 g/mol. The number of halogens is 1. The second-order valence-electron chi connectivity index (χ2n) is 4.32. The first-order valence-electron chi connectivity index (χ1n) is 6.16. The van der Waals surface area contributed by atoms with Gasteiger partial charge >= 0.3 is 0 Å². The van der Waals surface area contributed by atoms with Gasteiger partial charge in [0.25, 0.3) is 0 Å². The quantitative estimate of drug-likeness (QED) is 0.911. The van der Waals surface area contributed by atoms with E-state index in [2.05, 4.69) is 4.98 Å². The molecule has 0 amide bonds. The molecule has 2 aromatic rings. The van der Waals surface area contributed by atoms with Crippen molar-refractivity contribution in [1.29, 1.82) is 0 Å². The zero-order valence-corrected chi connectivity index (χ0v) is 11.5. The molecule has 19 heavy (non-hydrogen) atoms. The van der Waals surface area contributed by atoms with Crippen LogP contribution in [0.3, 0.4) is 0 Å². The fourth-order valence-corrected chi connectivity index (χ4v) is 1.97. The maximum absolute atomic E-state index is 9.46. The molecule has 0 bridgehead atoms. The summed E-state index contributed by atoms with van der Waals surface area (Å²) < 4.78 is 5.64. The van der Waals surface area contributed by atoms with Crippen LogP contribution < -0.4 is 4.74 Å². The Hall–Kier alpha value is -1.58. The monoisotopic (exact) mass is 277 g/mol. The zero-order valence-electron chi connectivity index (χ0n) is 10.7. The van der Waals surface area contributed by atoms with Crippen LogP contribution in [0.4, 0.5) is 0 Å². The van der Waals surface area contributed by atoms with Gasteiger partial charge in [0.15, 0.2) is 0 Å². The number of nitrogens with zero attached hydrogens (tertiary/aromatic N) is 1. The lowest BCUT2D eigenvalue weighted by Crippen LogP contribution is -2.02. The SMILES string of the molecule is C[C@@H](O)c1ccc(OCCc2ccncc2)c(Cl)c1. The predicted molar refractivity (Wildman–Crippen MR) is 75.5 cm³/mol. The summed E-state index contributed by atoms with van der Waals surface area (Å²) in [4.78, 5) is 3.97. The highest BCUT2D eigenvalue weighted by Crippen LogP contribution is 2.27. The van der Waals surface area contributed by atoms with Crippen LogP contribution in [0.25, 0.3) is 0 Å². The van der Waals surface area contributed by atoms with Gasteiger partial charge in [0.2, 0.25) is 0 Å². The molecule has 0 aliphatic rings. The Morgan fingerprint density at radius 3 is 2.63 bits per heavy atom. The summed E-state index contributed by atoms with van der Waals surface area (Å²) in [6.45, 7) is 2.26. The lowest BCUT2D eigenvalue weighted by atomic mass is 10.1. The van der Waals surface area contributed by atoms with Crippen molar-refractivity contribution < 1.29 is 9.84 Å². The van der Waals surface area contributed by atoms with Gasteiger partial charge in [-0.05, 0) is 42.3 Å². The van der Waals surface area contributed by atoms with E-state index in [1.165, 1.54) is 5.56 Å². The largest absolute Gasteiger partial charge is 0.492 e. The van der Waals surface area contributed by atoms with Crippen LogP contribution in [0.1, 0.15) is 24.2 Å². The first-order valence-corrected chi connectivity index (χ1v) is 6.54. The summed E-state index contributed by atoms with van der Waals surface area (Å²) in [5.74, 6) is 0.639. The molecule has 0 fully saturated rings. The lowest BCUT2D eigenvalue weighted by molar-refractivity contribution is 0.199. The Kier molecular flexibility index (Phi) is 4.77. The van der Waals surface area contributed by atoms with Gasteiger partial charge in [-0.2, -0.15) is 0 Å². The summed E-state index contributed by atoms with van der Waals surface area (Å²) in [5.41, 5.74) is 1.96. The first kappa shape index (κ1) is 13.8. The second kappa shape index (κ2) is 6.55. The van der Waals surface area contributed by atoms with Gasteiger partial charge in [0.05, 0.1) is 17.7 Å². The van der Waals surface area contributed by atoms with Crippen molar-refractivity contribution in [1.82, 2.24) is 4.98 Å². The van der Waals surface area contributed by atoms with Gasteiger partial charge < -0.3 is 9.84 Å². The van der Waals surface area contributed by atoms with Crippen molar-refractivity contribution in [2.45, 2.75) is 19.4 Å². The van der Waals surface area contributed by atoms with Crippen LogP contribution in [0.2, 0.25) is 5.02 Å². The number of aromatic nitrogens is 1. The van der Waals surface area contributed by atoms with E-state index in [-0.39, 0.29) is 0 Å². The fraction of sp³-hybridized carbons (Fsp3) is 0.267. The molecule has 0 saturated carbocycles. The third-order valence-electron chi connectivity index (χ3n) is 2.84. The maximum atomic E-state index is 9.46. The van der Waals surface area contributed by atoms with Crippen LogP contribution in [-0.4, -0.2) is 16.7 Å². The predicted octanol–water partition coefficient (Wildman–Crippen LogP) is 3.41. The first-order chi connectivity index (χ1) is 9.16. The van der Waals surface area contributed by atoms with Crippen LogP contribution in [0.5, 0.6) is 5.75 Å². The standard InChI is InChI=1S/C15H16ClNO2/c1-11(18)13-2-3-15(14(16)10-13)19-9-6-12-4-7-17-8-5-12/h2-5,7-8,10-11,18H,6,9H2,1H3/t11-/m1/s1. The molecule has 0 spiro atoms. The van der Waals surface area contributed by atoms with E-state index in [1.54, 1.807) is 31.5 Å². The molecular weight excluding hydrogens is 262 g/mol. The highest BCUT2D eigenvalue weighted by Gasteiger charge is 2.06. The van der Waals surface area contributed by atoms with Crippen LogP contribution in [-0.2, 0) is 6.42 Å². The van der Waals surface area contributed by atoms with Crippen molar-refractivity contribution in [3.05, 3.63) is 58.9 Å². The molecule has 0 radical (unpaired) electrons. The minimum atomic E-state index is -0.525. The maximum Gasteiger partial charge on any atom is 0.137 e. The van der Waals surface area contributed by atoms with Crippen LogP contribution in [0.15, 0.2) is 42.7 Å². The van der Waals surface area contributed by atoms with Gasteiger partial charge in [0, 0.05) is 18.8 Å². The molecule has 0 unspecified atom stereocenters. The van der Waals surface area contributed by atoms with E-state index in [1.807, 2.05) is 18.2 Å². The van der Waals surface area contributed by atoms with Crippen LogP contribution in [0, 0.1) is 0 Å². The molecule has 0 aliphatic heterocycles. The summed E-state index contributed by atoms with van der Waals surface area (Å²) >= 11 is 6.11. The van der Waals surface area contributed by atoms with Gasteiger partial charge in [-0.25, -0.2) is 0 Å². The minimum absolute atomic E-state index is 0.521. The van der Waals surface area contributed by atoms with Gasteiger partial charge in [-0.15, -0.1) is 0 Å². The van der Waals surface area contributed by atoms with E-state index in [0.717, 1.165) is 12.0 Å². The Bertz CT molecular complexity index is 529. The molecule has 2 rings (SSSR count). The second-order valence-corrected chi connectivity index (χ2v) is 4.73. The van der Waals surface area contributed by atoms with Crippen LogP contribution >= 0.6 is 11.6 Å². The topological polar surface area (TPSA) is 42.4 Å². The molecule has 1 atom stereocenters. The molecule has 0 saturated heterocycles. The number of hydrogen-bond acceptors (Lipinski definition) is 3. The molecule has 1 N–H and O–H groups in total. The molecule has 4 heteroatoms. The zero-order chi connectivity index (χ0) is 13.7. The molecule has 0 aliphatic carbocycles. The summed E-state index contributed by atoms with van der Waals surface area (Å²) in [7, 11) is 0. The van der Waals surface area contributed by atoms with E-state index in [9.17, 15) is 5.11 Å². The Labute approximate surface area is 117 Å². The van der Waals surface area contributed by atoms with E-state index in [4.69, 9.17) is 16.3 Å². The van der Waals surface area contributed by atoms with Crippen molar-refractivity contribution in [3.63, 3.8) is 0 Å².